The molecule has 2 unspecified atom stereocenters. The second-order valence-electron chi connectivity index (χ2n) is 4.91. The van der Waals surface area contributed by atoms with Gasteiger partial charge in [-0.3, -0.25) is 0 Å². The van der Waals surface area contributed by atoms with Gasteiger partial charge < -0.3 is 4.90 Å². The van der Waals surface area contributed by atoms with Crippen molar-refractivity contribution in [2.45, 2.75) is 38.2 Å². The maximum atomic E-state index is 6.26. The fourth-order valence-corrected chi connectivity index (χ4v) is 2.15. The maximum absolute atomic E-state index is 6.26. The Kier molecular flexibility index (Phi) is 3.83. The Morgan fingerprint density at radius 3 is 1.58 bits per heavy atom. The molecule has 0 heterocycles. The number of hydrogen-bond donors (Lipinski definition) is 0. The van der Waals surface area contributed by atoms with Crippen LogP contribution in [0.3, 0.4) is 0 Å². The van der Waals surface area contributed by atoms with Crippen molar-refractivity contribution in [1.82, 2.24) is 4.90 Å². The predicted molar refractivity (Wildman–Crippen MR) is 61.1 cm³/mol. The van der Waals surface area contributed by atoms with Crippen molar-refractivity contribution in [3.8, 4) is 0 Å². The summed E-state index contributed by atoms with van der Waals surface area (Å²) in [5.41, 5.74) is 0.254. The fourth-order valence-electron chi connectivity index (χ4n) is 1.62. The maximum Gasteiger partial charge on any atom is 0.0459 e. The molecule has 1 nitrogen and oxygen atoms in total. The summed E-state index contributed by atoms with van der Waals surface area (Å²) in [5.74, 6) is 0. The zero-order chi connectivity index (χ0) is 10.2. The molecule has 74 valence electrons. The number of rotatable bonds is 2. The normalized spacial score (nSPS) is 21.0. The van der Waals surface area contributed by atoms with Crippen LogP contribution in [0.2, 0.25) is 0 Å². The summed E-state index contributed by atoms with van der Waals surface area (Å²) in [6.07, 6.45) is 0. The van der Waals surface area contributed by atoms with Gasteiger partial charge in [0.1, 0.15) is 0 Å². The Bertz CT molecular complexity index is 141. The van der Waals surface area contributed by atoms with Crippen LogP contribution >= 0.6 is 11.6 Å². The van der Waals surface area contributed by atoms with E-state index in [-0.39, 0.29) is 16.0 Å². The van der Waals surface area contributed by atoms with Crippen LogP contribution in [-0.2, 0) is 0 Å². The molecule has 0 radical (unpaired) electrons. The molecule has 0 spiro atoms. The molecule has 3 heteroatoms. The van der Waals surface area contributed by atoms with E-state index in [2.05, 4.69) is 46.7 Å². The van der Waals surface area contributed by atoms with Gasteiger partial charge in [0.25, 0.3) is 0 Å². The summed E-state index contributed by atoms with van der Waals surface area (Å²) in [5, 5.41) is 0.383. The van der Waals surface area contributed by atoms with Crippen LogP contribution in [0.1, 0.15) is 27.7 Å². The lowest BCUT2D eigenvalue weighted by molar-refractivity contribution is 0.108. The Hall–Kier alpha value is 0.467. The van der Waals surface area contributed by atoms with Gasteiger partial charge >= 0.3 is 0 Å². The number of alkyl halides is 1. The largest absolute Gasteiger partial charge is 0.305 e. The molecule has 0 rings (SSSR count). The predicted octanol–water partition coefficient (Wildman–Crippen LogP) is 1.28. The molecular formula is C9H22ClNSi. The highest BCUT2D eigenvalue weighted by Crippen LogP contribution is 2.36. The van der Waals surface area contributed by atoms with Crippen LogP contribution in [0.15, 0.2) is 0 Å². The van der Waals surface area contributed by atoms with Crippen molar-refractivity contribution in [2.24, 2.45) is 5.41 Å². The van der Waals surface area contributed by atoms with Crippen LogP contribution in [-0.4, -0.2) is 39.8 Å². The summed E-state index contributed by atoms with van der Waals surface area (Å²) >= 11 is 6.26. The van der Waals surface area contributed by atoms with Gasteiger partial charge in [0.15, 0.2) is 0 Å². The Morgan fingerprint density at radius 1 is 1.25 bits per heavy atom. The Balaban J connectivity index is 4.89. The molecule has 0 aromatic heterocycles. The molecule has 0 aromatic rings. The fraction of sp³-hybridized carbons (Fsp3) is 1.00. The minimum Gasteiger partial charge on any atom is -0.305 e. The molecule has 0 aliphatic carbocycles. The van der Waals surface area contributed by atoms with Crippen LogP contribution in [0, 0.1) is 5.41 Å². The van der Waals surface area contributed by atoms with E-state index in [1.54, 1.807) is 0 Å². The molecule has 0 saturated heterocycles. The number of nitrogens with zero attached hydrogens (tertiary/aromatic N) is 1. The molecule has 0 bridgehead atoms. The first kappa shape index (κ1) is 12.5. The highest BCUT2D eigenvalue weighted by Gasteiger charge is 2.42. The zero-order valence-corrected chi connectivity index (χ0v) is 12.2. The Morgan fingerprint density at radius 2 is 1.58 bits per heavy atom. The van der Waals surface area contributed by atoms with Gasteiger partial charge in [-0.1, -0.05) is 20.8 Å². The summed E-state index contributed by atoms with van der Waals surface area (Å²) < 4.78 is 0. The van der Waals surface area contributed by atoms with Gasteiger partial charge in [0.05, 0.1) is 0 Å². The van der Waals surface area contributed by atoms with E-state index in [0.29, 0.717) is 0 Å². The molecule has 0 fully saturated rings. The monoisotopic (exact) mass is 207 g/mol. The highest BCUT2D eigenvalue weighted by atomic mass is 35.5. The molecule has 2 atom stereocenters. The molecule has 0 saturated carbocycles. The number of halogens is 1. The van der Waals surface area contributed by atoms with Crippen molar-refractivity contribution < 1.29 is 0 Å². The van der Waals surface area contributed by atoms with Crippen LogP contribution < -0.4 is 0 Å². The van der Waals surface area contributed by atoms with Crippen LogP contribution in [0.4, 0.5) is 0 Å². The first-order valence-electron chi connectivity index (χ1n) is 4.45. The van der Waals surface area contributed by atoms with E-state index in [4.69, 9.17) is 11.6 Å². The zero-order valence-electron chi connectivity index (χ0n) is 9.40. The van der Waals surface area contributed by atoms with E-state index in [9.17, 15) is 0 Å². The lowest BCUT2D eigenvalue weighted by Gasteiger charge is -2.49. The number of hydrogen-bond acceptors (Lipinski definition) is 1. The second-order valence-corrected chi connectivity index (χ2v) is 7.09. The van der Waals surface area contributed by atoms with Gasteiger partial charge in [-0.05, 0) is 26.4 Å². The summed E-state index contributed by atoms with van der Waals surface area (Å²) in [7, 11) is 5.33. The van der Waals surface area contributed by atoms with E-state index >= 15 is 0 Å². The average molecular weight is 208 g/mol. The van der Waals surface area contributed by atoms with E-state index in [0.717, 1.165) is 10.2 Å². The van der Waals surface area contributed by atoms with Crippen LogP contribution in [0.5, 0.6) is 0 Å². The van der Waals surface area contributed by atoms with E-state index in [1.807, 2.05) is 0 Å². The van der Waals surface area contributed by atoms with Gasteiger partial charge in [-0.2, -0.15) is 0 Å². The van der Waals surface area contributed by atoms with Gasteiger partial charge in [-0.25, -0.2) is 0 Å². The van der Waals surface area contributed by atoms with Crippen molar-refractivity contribution in [1.29, 1.82) is 0 Å². The second kappa shape index (κ2) is 3.68. The summed E-state index contributed by atoms with van der Waals surface area (Å²) in [6, 6.07) is 0. The third kappa shape index (κ3) is 2.04. The molecule has 0 aliphatic rings. The van der Waals surface area contributed by atoms with Crippen molar-refractivity contribution >= 4 is 21.8 Å². The summed E-state index contributed by atoms with van der Waals surface area (Å²) in [4.78, 5) is 2.27. The van der Waals surface area contributed by atoms with E-state index < -0.39 is 0 Å². The lowest BCUT2D eigenvalue weighted by Crippen LogP contribution is -2.60. The molecular weight excluding hydrogens is 186 g/mol. The quantitative estimate of drug-likeness (QED) is 0.487. The molecule has 0 amide bonds. The van der Waals surface area contributed by atoms with Gasteiger partial charge in [0, 0.05) is 20.8 Å². The lowest BCUT2D eigenvalue weighted by atomic mass is 9.83. The smallest absolute Gasteiger partial charge is 0.0459 e. The minimum absolute atomic E-state index is 0.175. The first-order valence-corrected chi connectivity index (χ1v) is 5.89. The third-order valence-corrected chi connectivity index (χ3v) is 7.27. The SMILES string of the molecule is CC(Cl)C([SiH3])(N(C)C)C(C)(C)C. The first-order chi connectivity index (χ1) is 5.14. The average Bonchev–Trinajstić information content (AvgIpc) is 1.82. The van der Waals surface area contributed by atoms with E-state index in [1.165, 1.54) is 0 Å². The molecule has 0 aromatic carbocycles. The van der Waals surface area contributed by atoms with Gasteiger partial charge in [0.2, 0.25) is 0 Å². The van der Waals surface area contributed by atoms with Crippen molar-refractivity contribution in [3.63, 3.8) is 0 Å². The van der Waals surface area contributed by atoms with Crippen LogP contribution in [0.25, 0.3) is 0 Å². The summed E-state index contributed by atoms with van der Waals surface area (Å²) in [6.45, 7) is 8.89. The Labute approximate surface area is 84.9 Å². The molecule has 12 heavy (non-hydrogen) atoms. The topological polar surface area (TPSA) is 3.24 Å². The molecule has 0 aliphatic heterocycles. The third-order valence-electron chi connectivity index (χ3n) is 3.22. The van der Waals surface area contributed by atoms with Gasteiger partial charge in [-0.15, -0.1) is 11.6 Å². The minimum atomic E-state index is 0.175. The van der Waals surface area contributed by atoms with Crippen molar-refractivity contribution in [3.05, 3.63) is 0 Å². The molecule has 0 N–H and O–H groups in total. The van der Waals surface area contributed by atoms with Crippen molar-refractivity contribution in [2.75, 3.05) is 14.1 Å². The highest BCUT2D eigenvalue weighted by molar-refractivity contribution is 6.28. The standard InChI is InChI=1S/C9H22ClNSi/c1-7(10)9(12,11(5)6)8(2,3)4/h7H,1-6,12H3.